The Hall–Kier alpha value is -1.28. The number of ether oxygens (including phenoxy) is 1. The van der Waals surface area contributed by atoms with E-state index in [0.717, 1.165) is 31.9 Å². The van der Waals surface area contributed by atoms with Crippen molar-refractivity contribution in [3.8, 4) is 6.07 Å². The van der Waals surface area contributed by atoms with Crippen molar-refractivity contribution in [2.24, 2.45) is 0 Å². The Bertz CT molecular complexity index is 424. The van der Waals surface area contributed by atoms with Crippen molar-refractivity contribution in [2.75, 3.05) is 31.6 Å². The van der Waals surface area contributed by atoms with Crippen LogP contribution >= 0.6 is 11.6 Å². The fraction of sp³-hybridized carbons (Fsp3) is 0.417. The van der Waals surface area contributed by atoms with Gasteiger partial charge in [0.15, 0.2) is 0 Å². The maximum Gasteiger partial charge on any atom is 0.101 e. The molecule has 1 aromatic carbocycles. The molecule has 90 valence electrons. The molecular weight excluding hydrogens is 238 g/mol. The van der Waals surface area contributed by atoms with Crippen LogP contribution in [-0.2, 0) is 4.74 Å². The first-order valence-corrected chi connectivity index (χ1v) is 5.93. The molecule has 0 bridgehead atoms. The van der Waals surface area contributed by atoms with E-state index in [9.17, 15) is 0 Å². The Kier molecular flexibility index (Phi) is 4.21. The van der Waals surface area contributed by atoms with Crippen LogP contribution < -0.4 is 10.6 Å². The summed E-state index contributed by atoms with van der Waals surface area (Å²) in [5, 5.41) is 15.7. The Morgan fingerprint density at radius 2 is 2.47 bits per heavy atom. The predicted molar refractivity (Wildman–Crippen MR) is 67.3 cm³/mol. The molecule has 2 N–H and O–H groups in total. The monoisotopic (exact) mass is 251 g/mol. The third kappa shape index (κ3) is 3.34. The summed E-state index contributed by atoms with van der Waals surface area (Å²) in [6.07, 6.45) is 0.179. The lowest BCUT2D eigenvalue weighted by atomic mass is 10.2. The molecule has 17 heavy (non-hydrogen) atoms. The summed E-state index contributed by atoms with van der Waals surface area (Å²) in [5.74, 6) is 0. The smallest absolute Gasteiger partial charge is 0.101 e. The lowest BCUT2D eigenvalue weighted by Crippen LogP contribution is -2.42. The average Bonchev–Trinajstić information content (AvgIpc) is 2.38. The van der Waals surface area contributed by atoms with E-state index in [-0.39, 0.29) is 6.10 Å². The number of morpholine rings is 1. The molecule has 4 nitrogen and oxygen atoms in total. The van der Waals surface area contributed by atoms with Gasteiger partial charge in [0.05, 0.1) is 23.3 Å². The Labute approximate surface area is 106 Å². The van der Waals surface area contributed by atoms with E-state index in [1.807, 2.05) is 12.1 Å². The predicted octanol–water partition coefficient (Wildman–Crippen LogP) is 1.61. The summed E-state index contributed by atoms with van der Waals surface area (Å²) in [6.45, 7) is 3.26. The van der Waals surface area contributed by atoms with Crippen molar-refractivity contribution in [3.63, 3.8) is 0 Å². The molecule has 0 aromatic heterocycles. The van der Waals surface area contributed by atoms with Crippen molar-refractivity contribution in [1.82, 2.24) is 5.32 Å². The lowest BCUT2D eigenvalue weighted by molar-refractivity contribution is 0.0372. The van der Waals surface area contributed by atoms with Crippen molar-refractivity contribution in [3.05, 3.63) is 28.8 Å². The van der Waals surface area contributed by atoms with Crippen LogP contribution in [0.5, 0.6) is 0 Å². The van der Waals surface area contributed by atoms with Gasteiger partial charge in [-0.1, -0.05) is 11.6 Å². The van der Waals surface area contributed by atoms with Crippen LogP contribution in [0.25, 0.3) is 0 Å². The van der Waals surface area contributed by atoms with Gasteiger partial charge in [-0.15, -0.1) is 0 Å². The molecule has 5 heteroatoms. The summed E-state index contributed by atoms with van der Waals surface area (Å²) >= 11 is 5.94. The van der Waals surface area contributed by atoms with Crippen LogP contribution in [0.2, 0.25) is 5.02 Å². The number of nitriles is 1. The molecule has 1 atom stereocenters. The number of nitrogens with one attached hydrogen (secondary N) is 2. The molecule has 0 aliphatic carbocycles. The highest BCUT2D eigenvalue weighted by Gasteiger charge is 2.12. The second kappa shape index (κ2) is 5.87. The van der Waals surface area contributed by atoms with Gasteiger partial charge < -0.3 is 15.4 Å². The van der Waals surface area contributed by atoms with Gasteiger partial charge in [-0.3, -0.25) is 0 Å². The zero-order valence-electron chi connectivity index (χ0n) is 9.37. The number of anilines is 1. The highest BCUT2D eigenvalue weighted by atomic mass is 35.5. The van der Waals surface area contributed by atoms with E-state index in [1.165, 1.54) is 0 Å². The molecule has 1 unspecified atom stereocenters. The second-order valence-electron chi connectivity index (χ2n) is 3.88. The highest BCUT2D eigenvalue weighted by Crippen LogP contribution is 2.20. The molecule has 2 rings (SSSR count). The number of nitrogens with zero attached hydrogens (tertiary/aromatic N) is 1. The third-order valence-electron chi connectivity index (χ3n) is 2.63. The summed E-state index contributed by atoms with van der Waals surface area (Å²) in [6, 6.07) is 7.35. The van der Waals surface area contributed by atoms with Gasteiger partial charge >= 0.3 is 0 Å². The SMILES string of the molecule is N#Cc1ccc(NCC2CNCCO2)cc1Cl. The third-order valence-corrected chi connectivity index (χ3v) is 2.94. The fourth-order valence-electron chi connectivity index (χ4n) is 1.70. The van der Waals surface area contributed by atoms with Crippen LogP contribution in [-0.4, -0.2) is 32.3 Å². The molecule has 1 heterocycles. The number of benzene rings is 1. The zero-order chi connectivity index (χ0) is 12.1. The molecule has 0 spiro atoms. The van der Waals surface area contributed by atoms with Gasteiger partial charge in [0.2, 0.25) is 0 Å². The first kappa shape index (κ1) is 12.2. The first-order chi connectivity index (χ1) is 8.29. The summed E-state index contributed by atoms with van der Waals surface area (Å²) < 4.78 is 5.56. The largest absolute Gasteiger partial charge is 0.382 e. The Morgan fingerprint density at radius 3 is 3.12 bits per heavy atom. The number of rotatable bonds is 3. The van der Waals surface area contributed by atoms with Crippen LogP contribution in [0.4, 0.5) is 5.69 Å². The van der Waals surface area contributed by atoms with Crippen LogP contribution in [0.3, 0.4) is 0 Å². The van der Waals surface area contributed by atoms with E-state index in [4.69, 9.17) is 21.6 Å². The van der Waals surface area contributed by atoms with Crippen molar-refractivity contribution in [2.45, 2.75) is 6.10 Å². The summed E-state index contributed by atoms with van der Waals surface area (Å²) in [7, 11) is 0. The molecule has 1 aromatic rings. The molecular formula is C12H14ClN3O. The number of halogens is 1. The van der Waals surface area contributed by atoms with Crippen LogP contribution in [0, 0.1) is 11.3 Å². The molecule has 0 saturated carbocycles. The normalized spacial score (nSPS) is 19.6. The van der Waals surface area contributed by atoms with Crippen LogP contribution in [0.15, 0.2) is 18.2 Å². The minimum atomic E-state index is 0.179. The van der Waals surface area contributed by atoms with Gasteiger partial charge in [0.1, 0.15) is 6.07 Å². The van der Waals surface area contributed by atoms with Gasteiger partial charge in [0, 0.05) is 25.3 Å². The van der Waals surface area contributed by atoms with Crippen LogP contribution in [0.1, 0.15) is 5.56 Å². The topological polar surface area (TPSA) is 57.1 Å². The quantitative estimate of drug-likeness (QED) is 0.857. The standard InChI is InChI=1S/C12H14ClN3O/c13-12-5-10(2-1-9(12)6-14)16-8-11-7-15-3-4-17-11/h1-2,5,11,15-16H,3-4,7-8H2. The summed E-state index contributed by atoms with van der Waals surface area (Å²) in [5.41, 5.74) is 1.40. The van der Waals surface area contributed by atoms with Gasteiger partial charge in [-0.25, -0.2) is 0 Å². The minimum Gasteiger partial charge on any atom is -0.382 e. The molecule has 1 saturated heterocycles. The van der Waals surface area contributed by atoms with Gasteiger partial charge in [0.25, 0.3) is 0 Å². The Balaban J connectivity index is 1.90. The maximum absolute atomic E-state index is 8.76. The van der Waals surface area contributed by atoms with E-state index in [1.54, 1.807) is 12.1 Å². The number of hydrogen-bond donors (Lipinski definition) is 2. The van der Waals surface area contributed by atoms with E-state index in [2.05, 4.69) is 10.6 Å². The van der Waals surface area contributed by atoms with Gasteiger partial charge in [-0.05, 0) is 18.2 Å². The molecule has 0 amide bonds. The van der Waals surface area contributed by atoms with Gasteiger partial charge in [-0.2, -0.15) is 5.26 Å². The highest BCUT2D eigenvalue weighted by molar-refractivity contribution is 6.32. The maximum atomic E-state index is 8.76. The first-order valence-electron chi connectivity index (χ1n) is 5.55. The Morgan fingerprint density at radius 1 is 1.59 bits per heavy atom. The molecule has 0 radical (unpaired) electrons. The summed E-state index contributed by atoms with van der Waals surface area (Å²) in [4.78, 5) is 0. The average molecular weight is 252 g/mol. The number of hydrogen-bond acceptors (Lipinski definition) is 4. The van der Waals surface area contributed by atoms with E-state index >= 15 is 0 Å². The fourth-order valence-corrected chi connectivity index (χ4v) is 1.92. The van der Waals surface area contributed by atoms with Crippen molar-refractivity contribution in [1.29, 1.82) is 5.26 Å². The van der Waals surface area contributed by atoms with E-state index < -0.39 is 0 Å². The minimum absolute atomic E-state index is 0.179. The second-order valence-corrected chi connectivity index (χ2v) is 4.29. The zero-order valence-corrected chi connectivity index (χ0v) is 10.1. The van der Waals surface area contributed by atoms with E-state index in [0.29, 0.717) is 10.6 Å². The molecule has 1 fully saturated rings. The lowest BCUT2D eigenvalue weighted by Gasteiger charge is -2.24. The van der Waals surface area contributed by atoms with Crippen molar-refractivity contribution >= 4 is 17.3 Å². The van der Waals surface area contributed by atoms with Crippen molar-refractivity contribution < 1.29 is 4.74 Å². The molecule has 1 aliphatic heterocycles. The molecule has 1 aliphatic rings.